The fourth-order valence-electron chi connectivity index (χ4n) is 9.13. The molecular weight excluding hydrogens is 453 g/mol. The second-order valence-corrected chi connectivity index (χ2v) is 13.2. The van der Waals surface area contributed by atoms with E-state index in [9.17, 15) is 23.1 Å². The third-order valence-electron chi connectivity index (χ3n) is 11.0. The number of allylic oxidation sites excluding steroid dienone is 1. The minimum absolute atomic E-state index is 0.154. The third-order valence-corrected chi connectivity index (χ3v) is 11.0. The van der Waals surface area contributed by atoms with Gasteiger partial charge in [0, 0.05) is 6.92 Å². The molecule has 0 bridgehead atoms. The Hall–Kier alpha value is -1.04. The van der Waals surface area contributed by atoms with E-state index in [1.54, 1.807) is 0 Å². The van der Waals surface area contributed by atoms with Crippen molar-refractivity contribution in [2.45, 2.75) is 123 Å². The van der Waals surface area contributed by atoms with E-state index >= 15 is 0 Å². The summed E-state index contributed by atoms with van der Waals surface area (Å²) in [6.07, 6.45) is 5.71. The molecule has 4 rings (SSSR count). The van der Waals surface area contributed by atoms with Gasteiger partial charge < -0.3 is 9.84 Å². The fraction of sp³-hybridized carbons (Fsp3) is 0.897. The minimum atomic E-state index is -4.52. The summed E-state index contributed by atoms with van der Waals surface area (Å²) >= 11 is 0. The molecule has 4 aliphatic carbocycles. The van der Waals surface area contributed by atoms with E-state index in [-0.39, 0.29) is 23.2 Å². The van der Waals surface area contributed by atoms with Gasteiger partial charge in [-0.2, -0.15) is 13.2 Å². The molecule has 0 aromatic heterocycles. The van der Waals surface area contributed by atoms with Crippen molar-refractivity contribution in [1.82, 2.24) is 0 Å². The second-order valence-electron chi connectivity index (χ2n) is 13.2. The Labute approximate surface area is 209 Å². The van der Waals surface area contributed by atoms with Gasteiger partial charge in [-0.25, -0.2) is 0 Å². The Morgan fingerprint density at radius 2 is 1.80 bits per heavy atom. The smallest absolute Gasteiger partial charge is 0.425 e. The van der Waals surface area contributed by atoms with Crippen molar-refractivity contribution in [3.8, 4) is 0 Å². The van der Waals surface area contributed by atoms with E-state index in [1.165, 1.54) is 24.8 Å². The zero-order chi connectivity index (χ0) is 25.8. The molecule has 0 radical (unpaired) electrons. The summed E-state index contributed by atoms with van der Waals surface area (Å²) in [4.78, 5) is 11.2. The van der Waals surface area contributed by atoms with Gasteiger partial charge in [0.05, 0.1) is 5.60 Å². The topological polar surface area (TPSA) is 46.5 Å². The minimum Gasteiger partial charge on any atom is -0.453 e. The number of rotatable bonds is 5. The van der Waals surface area contributed by atoms with Gasteiger partial charge in [0.2, 0.25) is 0 Å². The number of fused-ring (bicyclic) bond motifs is 5. The Morgan fingerprint density at radius 1 is 1.09 bits per heavy atom. The van der Waals surface area contributed by atoms with Gasteiger partial charge in [0.1, 0.15) is 0 Å². The summed E-state index contributed by atoms with van der Waals surface area (Å²) in [5.41, 5.74) is 1.20. The molecule has 1 N–H and O–H groups in total. The molecule has 3 saturated carbocycles. The molecule has 3 fully saturated rings. The van der Waals surface area contributed by atoms with Gasteiger partial charge in [-0.15, -0.1) is 0 Å². The number of hydrogen-bond donors (Lipinski definition) is 1. The third kappa shape index (κ3) is 5.07. The average molecular weight is 499 g/mol. The monoisotopic (exact) mass is 498 g/mol. The summed E-state index contributed by atoms with van der Waals surface area (Å²) in [7, 11) is 0. The highest BCUT2D eigenvalue weighted by atomic mass is 19.4. The first-order chi connectivity index (χ1) is 16.2. The quantitative estimate of drug-likeness (QED) is 0.313. The van der Waals surface area contributed by atoms with Crippen LogP contribution in [0.25, 0.3) is 0 Å². The van der Waals surface area contributed by atoms with Gasteiger partial charge in [-0.1, -0.05) is 32.4 Å². The molecular formula is C29H45F3O3. The summed E-state index contributed by atoms with van der Waals surface area (Å²) < 4.78 is 44.8. The molecule has 9 atom stereocenters. The molecule has 6 heteroatoms. The van der Waals surface area contributed by atoms with Gasteiger partial charge in [-0.3, -0.25) is 4.79 Å². The molecule has 1 unspecified atom stereocenters. The van der Waals surface area contributed by atoms with Gasteiger partial charge in [0.15, 0.2) is 6.10 Å². The largest absolute Gasteiger partial charge is 0.453 e. The molecule has 0 amide bonds. The van der Waals surface area contributed by atoms with Crippen molar-refractivity contribution in [3.05, 3.63) is 11.6 Å². The van der Waals surface area contributed by atoms with Crippen molar-refractivity contribution in [3.63, 3.8) is 0 Å². The first-order valence-electron chi connectivity index (χ1n) is 13.8. The molecule has 0 aliphatic heterocycles. The number of alkyl halides is 3. The average Bonchev–Trinajstić information content (AvgIpc) is 3.02. The maximum absolute atomic E-state index is 13.4. The van der Waals surface area contributed by atoms with Crippen LogP contribution in [0.1, 0.15) is 105 Å². The highest BCUT2D eigenvalue weighted by Crippen LogP contribution is 2.67. The standard InChI is InChI=1S/C29H45F3O3/c1-18(9-12-25(29(30,31)32)35-19(2)33)22-10-11-23-21-8-6-7-20-17-26(3,34)15-16-27(20,4)24(21)13-14-28(22,23)5/h7,18,21-25,34H,6,8-17H2,1-5H3/t18-,21-,22?,23+,24+,25-,26+,27+,28-/m1/s1. The zero-order valence-electron chi connectivity index (χ0n) is 22.2. The first kappa shape index (κ1) is 27.0. The number of aliphatic hydroxyl groups is 1. The summed E-state index contributed by atoms with van der Waals surface area (Å²) in [5, 5.41) is 10.8. The van der Waals surface area contributed by atoms with Crippen molar-refractivity contribution in [2.75, 3.05) is 0 Å². The van der Waals surface area contributed by atoms with Gasteiger partial charge in [-0.05, 0) is 118 Å². The lowest BCUT2D eigenvalue weighted by Crippen LogP contribution is -2.49. The van der Waals surface area contributed by atoms with Crippen LogP contribution in [0.2, 0.25) is 0 Å². The Balaban J connectivity index is 1.47. The van der Waals surface area contributed by atoms with Crippen LogP contribution in [-0.4, -0.2) is 29.0 Å². The highest BCUT2D eigenvalue weighted by Gasteiger charge is 2.59. The lowest BCUT2D eigenvalue weighted by molar-refractivity contribution is -0.222. The molecule has 0 saturated heterocycles. The highest BCUT2D eigenvalue weighted by molar-refractivity contribution is 5.66. The summed E-state index contributed by atoms with van der Waals surface area (Å²) in [6.45, 7) is 10.00. The van der Waals surface area contributed by atoms with E-state index in [4.69, 9.17) is 0 Å². The van der Waals surface area contributed by atoms with E-state index < -0.39 is 23.9 Å². The number of esters is 1. The van der Waals surface area contributed by atoms with Crippen LogP contribution in [0.4, 0.5) is 13.2 Å². The fourth-order valence-corrected chi connectivity index (χ4v) is 9.13. The van der Waals surface area contributed by atoms with Gasteiger partial charge in [0.25, 0.3) is 0 Å². The SMILES string of the molecule is CC(=O)O[C@H](CC[C@@H](C)C1CC[C@H]2[C@H]3CCC=C4C[C@@](C)(O)CC[C@]4(C)[C@H]3CC[C@]12C)C(F)(F)F. The van der Waals surface area contributed by atoms with Crippen LogP contribution in [0.15, 0.2) is 11.6 Å². The normalized spacial score (nSPS) is 43.2. The van der Waals surface area contributed by atoms with Gasteiger partial charge >= 0.3 is 12.1 Å². The number of carbonyl (C=O) groups excluding carboxylic acids is 1. The van der Waals surface area contributed by atoms with Crippen LogP contribution in [0, 0.1) is 40.4 Å². The molecule has 35 heavy (non-hydrogen) atoms. The Bertz CT molecular complexity index is 834. The molecule has 0 aromatic rings. The van der Waals surface area contributed by atoms with E-state index in [0.717, 1.165) is 45.4 Å². The van der Waals surface area contributed by atoms with Crippen molar-refractivity contribution in [2.24, 2.45) is 40.4 Å². The summed E-state index contributed by atoms with van der Waals surface area (Å²) in [6, 6.07) is 0. The lowest BCUT2D eigenvalue weighted by Gasteiger charge is -2.56. The molecule has 200 valence electrons. The van der Waals surface area contributed by atoms with E-state index in [1.807, 2.05) is 6.92 Å². The second kappa shape index (κ2) is 9.36. The number of ether oxygens (including phenoxy) is 1. The number of hydrogen-bond acceptors (Lipinski definition) is 3. The van der Waals surface area contributed by atoms with Crippen LogP contribution in [0.3, 0.4) is 0 Å². The maximum Gasteiger partial charge on any atom is 0.425 e. The molecule has 0 aromatic carbocycles. The molecule has 0 spiro atoms. The van der Waals surface area contributed by atoms with Crippen LogP contribution in [0.5, 0.6) is 0 Å². The van der Waals surface area contributed by atoms with Crippen LogP contribution in [-0.2, 0) is 9.53 Å². The molecule has 0 heterocycles. The summed E-state index contributed by atoms with van der Waals surface area (Å²) in [5.74, 6) is 1.62. The Kier molecular flexibility index (Phi) is 7.23. The molecule has 3 nitrogen and oxygen atoms in total. The van der Waals surface area contributed by atoms with E-state index in [0.29, 0.717) is 30.1 Å². The molecule has 4 aliphatic rings. The van der Waals surface area contributed by atoms with Crippen LogP contribution >= 0.6 is 0 Å². The van der Waals surface area contributed by atoms with Crippen molar-refractivity contribution >= 4 is 5.97 Å². The van der Waals surface area contributed by atoms with Crippen molar-refractivity contribution in [1.29, 1.82) is 0 Å². The number of carbonyl (C=O) groups is 1. The maximum atomic E-state index is 13.4. The lowest BCUT2D eigenvalue weighted by atomic mass is 9.49. The first-order valence-corrected chi connectivity index (χ1v) is 13.8. The van der Waals surface area contributed by atoms with E-state index in [2.05, 4.69) is 31.6 Å². The Morgan fingerprint density at radius 3 is 2.46 bits per heavy atom. The predicted octanol–water partition coefficient (Wildman–Crippen LogP) is 7.62. The van der Waals surface area contributed by atoms with Crippen LogP contribution < -0.4 is 0 Å². The number of halogens is 3. The zero-order valence-corrected chi connectivity index (χ0v) is 22.2. The predicted molar refractivity (Wildman–Crippen MR) is 130 cm³/mol. The van der Waals surface area contributed by atoms with Crippen molar-refractivity contribution < 1.29 is 27.8 Å².